The monoisotopic (exact) mass is 294 g/mol. The van der Waals surface area contributed by atoms with Crippen molar-refractivity contribution < 1.29 is 5.11 Å². The fourth-order valence-electron chi connectivity index (χ4n) is 2.46. The molecule has 0 bridgehead atoms. The van der Waals surface area contributed by atoms with Crippen LogP contribution in [0, 0.1) is 0 Å². The quantitative estimate of drug-likeness (QED) is 0.875. The van der Waals surface area contributed by atoms with E-state index in [1.807, 2.05) is 12.1 Å². The number of hydrogen-bond donors (Lipinski definition) is 2. The van der Waals surface area contributed by atoms with Gasteiger partial charge in [-0.1, -0.05) is 32.4 Å². The second-order valence-corrected chi connectivity index (χ2v) is 6.93. The molecule has 20 heavy (non-hydrogen) atoms. The summed E-state index contributed by atoms with van der Waals surface area (Å²) < 4.78 is 0. The molecule has 1 atom stereocenters. The molecule has 110 valence electrons. The second kappa shape index (κ2) is 5.74. The number of rotatable bonds is 2. The molecule has 1 aromatic carbocycles. The van der Waals surface area contributed by atoms with Crippen molar-refractivity contribution in [1.82, 2.24) is 5.43 Å². The van der Waals surface area contributed by atoms with E-state index in [0.717, 1.165) is 29.7 Å². The molecule has 2 N–H and O–H groups in total. The van der Waals surface area contributed by atoms with Crippen LogP contribution in [0.1, 0.15) is 57.2 Å². The van der Waals surface area contributed by atoms with Gasteiger partial charge >= 0.3 is 0 Å². The van der Waals surface area contributed by atoms with Crippen LogP contribution in [0.3, 0.4) is 0 Å². The van der Waals surface area contributed by atoms with Crippen LogP contribution < -0.4 is 5.43 Å². The lowest BCUT2D eigenvalue weighted by molar-refractivity contribution is 0.282. The number of aliphatic hydroxyl groups excluding tert-OH is 1. The Morgan fingerprint density at radius 1 is 1.40 bits per heavy atom. The van der Waals surface area contributed by atoms with Gasteiger partial charge in [0.2, 0.25) is 0 Å². The number of nitrogens with one attached hydrogen (secondary N) is 1. The Morgan fingerprint density at radius 2 is 2.10 bits per heavy atom. The molecule has 0 fully saturated rings. The molecule has 0 amide bonds. The van der Waals surface area contributed by atoms with Crippen LogP contribution in [-0.4, -0.2) is 16.9 Å². The molecule has 1 aliphatic heterocycles. The summed E-state index contributed by atoms with van der Waals surface area (Å²) in [5.74, 6) is 0. The Labute approximate surface area is 126 Å². The molecule has 1 aliphatic rings. The summed E-state index contributed by atoms with van der Waals surface area (Å²) in [6.45, 7) is 8.58. The van der Waals surface area contributed by atoms with E-state index >= 15 is 0 Å². The van der Waals surface area contributed by atoms with Gasteiger partial charge in [-0.2, -0.15) is 5.10 Å². The van der Waals surface area contributed by atoms with Crippen molar-refractivity contribution in [3.8, 4) is 0 Å². The Bertz CT molecular complexity index is 532. The molecule has 2 rings (SSSR count). The van der Waals surface area contributed by atoms with Crippen molar-refractivity contribution in [3.63, 3.8) is 0 Å². The first kappa shape index (κ1) is 15.3. The van der Waals surface area contributed by atoms with Crippen molar-refractivity contribution >= 4 is 17.3 Å². The first-order valence-electron chi connectivity index (χ1n) is 7.09. The van der Waals surface area contributed by atoms with Crippen molar-refractivity contribution in [2.75, 3.05) is 0 Å². The van der Waals surface area contributed by atoms with Crippen LogP contribution >= 0.6 is 11.6 Å². The predicted molar refractivity (Wildman–Crippen MR) is 84.4 cm³/mol. The van der Waals surface area contributed by atoms with Gasteiger partial charge in [0.05, 0.1) is 12.3 Å². The number of nitrogens with zero attached hydrogens (tertiary/aromatic N) is 1. The predicted octanol–water partition coefficient (Wildman–Crippen LogP) is 3.61. The van der Waals surface area contributed by atoms with E-state index in [1.165, 1.54) is 5.56 Å². The first-order chi connectivity index (χ1) is 9.32. The zero-order chi connectivity index (χ0) is 14.9. The van der Waals surface area contributed by atoms with Crippen molar-refractivity contribution in [2.24, 2.45) is 5.10 Å². The molecule has 0 aromatic heterocycles. The maximum atomic E-state index is 9.44. The molecule has 4 heteroatoms. The highest BCUT2D eigenvalue weighted by Gasteiger charge is 2.24. The zero-order valence-corrected chi connectivity index (χ0v) is 13.4. The average Bonchev–Trinajstić information content (AvgIpc) is 2.38. The highest BCUT2D eigenvalue weighted by Crippen LogP contribution is 2.32. The summed E-state index contributed by atoms with van der Waals surface area (Å²) in [5.41, 5.74) is 7.23. The molecule has 0 saturated carbocycles. The smallest absolute Gasteiger partial charge is 0.0696 e. The minimum Gasteiger partial charge on any atom is -0.392 e. The van der Waals surface area contributed by atoms with Gasteiger partial charge in [-0.05, 0) is 48.4 Å². The molecule has 1 unspecified atom stereocenters. The molecule has 3 nitrogen and oxygen atoms in total. The normalized spacial score (nSPS) is 19.5. The van der Waals surface area contributed by atoms with Gasteiger partial charge in [0.25, 0.3) is 0 Å². The van der Waals surface area contributed by atoms with E-state index in [4.69, 9.17) is 11.6 Å². The minimum atomic E-state index is -0.0482. The highest BCUT2D eigenvalue weighted by atomic mass is 35.5. The van der Waals surface area contributed by atoms with E-state index in [2.05, 4.69) is 38.2 Å². The Morgan fingerprint density at radius 3 is 2.60 bits per heavy atom. The Hall–Kier alpha value is -1.06. The maximum Gasteiger partial charge on any atom is 0.0696 e. The number of hydrogen-bond acceptors (Lipinski definition) is 3. The van der Waals surface area contributed by atoms with Crippen LogP contribution in [0.5, 0.6) is 0 Å². The summed E-state index contributed by atoms with van der Waals surface area (Å²) in [5, 5.41) is 14.6. The minimum absolute atomic E-state index is 0.0153. The number of aliphatic hydroxyl groups is 1. The van der Waals surface area contributed by atoms with Gasteiger partial charge in [-0.3, -0.25) is 0 Å². The number of benzene rings is 1. The van der Waals surface area contributed by atoms with Crippen molar-refractivity contribution in [3.05, 3.63) is 33.8 Å². The van der Waals surface area contributed by atoms with Gasteiger partial charge in [-0.15, -0.1) is 0 Å². The topological polar surface area (TPSA) is 44.6 Å². The standard InChI is InChI=1S/C16H23ClN2O/c1-10-5-6-15(19-18-10)12-7-11(9-20)14(17)8-13(12)16(2,3)4/h7-8,10,18,20H,5-6,9H2,1-4H3. The van der Waals surface area contributed by atoms with Crippen LogP contribution in [0.15, 0.2) is 17.2 Å². The highest BCUT2D eigenvalue weighted by molar-refractivity contribution is 6.31. The fraction of sp³-hybridized carbons (Fsp3) is 0.562. The first-order valence-corrected chi connectivity index (χ1v) is 7.47. The van der Waals surface area contributed by atoms with Gasteiger partial charge in [0.1, 0.15) is 0 Å². The molecule has 0 saturated heterocycles. The molecule has 1 heterocycles. The molecular formula is C16H23ClN2O. The average molecular weight is 295 g/mol. The zero-order valence-electron chi connectivity index (χ0n) is 12.6. The van der Waals surface area contributed by atoms with Gasteiger partial charge in [-0.25, -0.2) is 0 Å². The lowest BCUT2D eigenvalue weighted by Crippen LogP contribution is -2.30. The SMILES string of the molecule is CC1CCC(c2cc(CO)c(Cl)cc2C(C)(C)C)=NN1. The van der Waals surface area contributed by atoms with E-state index < -0.39 is 0 Å². The Kier molecular flexibility index (Phi) is 4.40. The fourth-order valence-corrected chi connectivity index (χ4v) is 2.68. The van der Waals surface area contributed by atoms with Crippen LogP contribution in [-0.2, 0) is 12.0 Å². The third kappa shape index (κ3) is 3.15. The van der Waals surface area contributed by atoms with Gasteiger partial charge in [0.15, 0.2) is 0 Å². The number of halogens is 1. The molecule has 0 aliphatic carbocycles. The van der Waals surface area contributed by atoms with E-state index in [-0.39, 0.29) is 12.0 Å². The third-order valence-electron chi connectivity index (χ3n) is 3.71. The van der Waals surface area contributed by atoms with Crippen molar-refractivity contribution in [1.29, 1.82) is 0 Å². The van der Waals surface area contributed by atoms with Gasteiger partial charge < -0.3 is 10.5 Å². The third-order valence-corrected chi connectivity index (χ3v) is 4.06. The summed E-state index contributed by atoms with van der Waals surface area (Å²) in [4.78, 5) is 0. The summed E-state index contributed by atoms with van der Waals surface area (Å²) >= 11 is 6.25. The second-order valence-electron chi connectivity index (χ2n) is 6.52. The molecule has 1 aromatic rings. The maximum absolute atomic E-state index is 9.44. The lowest BCUT2D eigenvalue weighted by atomic mass is 9.81. The molecular weight excluding hydrogens is 272 g/mol. The summed E-state index contributed by atoms with van der Waals surface area (Å²) in [6.07, 6.45) is 2.02. The Balaban J connectivity index is 2.55. The number of hydrazone groups is 1. The van der Waals surface area contributed by atoms with E-state index in [0.29, 0.717) is 11.1 Å². The summed E-state index contributed by atoms with van der Waals surface area (Å²) in [7, 11) is 0. The van der Waals surface area contributed by atoms with E-state index in [1.54, 1.807) is 0 Å². The molecule has 0 radical (unpaired) electrons. The summed E-state index contributed by atoms with van der Waals surface area (Å²) in [6, 6.07) is 4.38. The van der Waals surface area contributed by atoms with Crippen LogP contribution in [0.4, 0.5) is 0 Å². The lowest BCUT2D eigenvalue weighted by Gasteiger charge is -2.27. The molecule has 0 spiro atoms. The van der Waals surface area contributed by atoms with Gasteiger partial charge in [0, 0.05) is 16.6 Å². The van der Waals surface area contributed by atoms with Crippen LogP contribution in [0.2, 0.25) is 5.02 Å². The largest absolute Gasteiger partial charge is 0.392 e. The van der Waals surface area contributed by atoms with E-state index in [9.17, 15) is 5.11 Å². The van der Waals surface area contributed by atoms with Crippen molar-refractivity contribution in [2.45, 2.75) is 58.6 Å². The van der Waals surface area contributed by atoms with Crippen LogP contribution in [0.25, 0.3) is 0 Å².